The number of aliphatic hydroxyl groups excluding tert-OH is 1. The maximum absolute atomic E-state index is 12.0. The van der Waals surface area contributed by atoms with E-state index in [1.807, 2.05) is 0 Å². The van der Waals surface area contributed by atoms with Gasteiger partial charge in [-0.25, -0.2) is 4.79 Å². The van der Waals surface area contributed by atoms with Crippen LogP contribution in [0.5, 0.6) is 0 Å². The zero-order valence-corrected chi connectivity index (χ0v) is 12.1. The highest BCUT2D eigenvalue weighted by Crippen LogP contribution is 2.04. The molecule has 0 aliphatic heterocycles. The number of rotatable bonds is 7. The van der Waals surface area contributed by atoms with E-state index in [0.29, 0.717) is 0 Å². The van der Waals surface area contributed by atoms with Crippen LogP contribution in [0.4, 0.5) is 0 Å². The number of hydrogen-bond acceptors (Lipinski definition) is 5. The van der Waals surface area contributed by atoms with Crippen LogP contribution in [-0.2, 0) is 14.4 Å². The fourth-order valence-electron chi connectivity index (χ4n) is 1.45. The third-order valence-corrected chi connectivity index (χ3v) is 2.71. The van der Waals surface area contributed by atoms with Crippen LogP contribution >= 0.6 is 0 Å². The molecule has 0 aromatic carbocycles. The van der Waals surface area contributed by atoms with Crippen LogP contribution in [0, 0.1) is 5.92 Å². The smallest absolute Gasteiger partial charge is 0.328 e. The maximum Gasteiger partial charge on any atom is 0.328 e. The van der Waals surface area contributed by atoms with Gasteiger partial charge in [0.25, 0.3) is 0 Å². The molecule has 116 valence electrons. The first kappa shape index (κ1) is 18.3. The fraction of sp³-hybridized carbons (Fsp3) is 0.750. The molecule has 8 heteroatoms. The van der Waals surface area contributed by atoms with Crippen molar-refractivity contribution in [1.29, 1.82) is 0 Å². The van der Waals surface area contributed by atoms with Crippen LogP contribution in [0.15, 0.2) is 0 Å². The molecule has 0 aromatic heterocycles. The lowest BCUT2D eigenvalue weighted by Crippen LogP contribution is -2.57. The Bertz CT molecular complexity index is 368. The van der Waals surface area contributed by atoms with Crippen molar-refractivity contribution in [3.8, 4) is 0 Å². The van der Waals surface area contributed by atoms with Gasteiger partial charge in [0.05, 0.1) is 12.1 Å². The first-order valence-electron chi connectivity index (χ1n) is 6.35. The van der Waals surface area contributed by atoms with Crippen molar-refractivity contribution in [2.75, 3.05) is 0 Å². The van der Waals surface area contributed by atoms with E-state index >= 15 is 0 Å². The molecular formula is C12H23N3O5. The van der Waals surface area contributed by atoms with Gasteiger partial charge in [0.15, 0.2) is 6.04 Å². The minimum atomic E-state index is -1.43. The number of nitrogens with one attached hydrogen (secondary N) is 2. The van der Waals surface area contributed by atoms with Gasteiger partial charge in [-0.3, -0.25) is 9.59 Å². The Kier molecular flexibility index (Phi) is 7.16. The highest BCUT2D eigenvalue weighted by atomic mass is 16.4. The van der Waals surface area contributed by atoms with Gasteiger partial charge in [-0.1, -0.05) is 13.8 Å². The van der Waals surface area contributed by atoms with E-state index in [-0.39, 0.29) is 5.92 Å². The normalized spacial score (nSPS) is 16.9. The molecule has 0 unspecified atom stereocenters. The minimum Gasteiger partial charge on any atom is -0.480 e. The highest BCUT2D eigenvalue weighted by molar-refractivity contribution is 5.91. The predicted octanol–water partition coefficient (Wildman–Crippen LogP) is -1.58. The average Bonchev–Trinajstić information content (AvgIpc) is 2.30. The Labute approximate surface area is 117 Å². The molecule has 0 saturated carbocycles. The van der Waals surface area contributed by atoms with Gasteiger partial charge in [-0.2, -0.15) is 0 Å². The quantitative estimate of drug-likeness (QED) is 0.383. The lowest BCUT2D eigenvalue weighted by Gasteiger charge is -2.25. The second kappa shape index (κ2) is 7.81. The number of hydrogen-bond donors (Lipinski definition) is 5. The minimum absolute atomic E-state index is 0.263. The number of carboxylic acids is 1. The van der Waals surface area contributed by atoms with Crippen LogP contribution < -0.4 is 16.4 Å². The van der Waals surface area contributed by atoms with Crippen molar-refractivity contribution in [3.05, 3.63) is 0 Å². The van der Waals surface area contributed by atoms with Gasteiger partial charge in [-0.05, 0) is 19.8 Å². The monoisotopic (exact) mass is 289 g/mol. The van der Waals surface area contributed by atoms with Crippen molar-refractivity contribution < 1.29 is 24.6 Å². The van der Waals surface area contributed by atoms with Crippen molar-refractivity contribution in [2.45, 2.75) is 51.9 Å². The molecule has 0 fully saturated rings. The number of aliphatic carboxylic acids is 1. The number of aliphatic hydroxyl groups is 1. The molecule has 0 radical (unpaired) electrons. The van der Waals surface area contributed by atoms with Crippen LogP contribution in [-0.4, -0.2) is 52.2 Å². The van der Waals surface area contributed by atoms with Crippen LogP contribution in [0.2, 0.25) is 0 Å². The number of carbonyl (C=O) groups is 3. The van der Waals surface area contributed by atoms with Gasteiger partial charge < -0.3 is 26.6 Å². The van der Waals surface area contributed by atoms with Crippen LogP contribution in [0.1, 0.15) is 27.7 Å². The first-order valence-corrected chi connectivity index (χ1v) is 6.35. The fourth-order valence-corrected chi connectivity index (χ4v) is 1.45. The maximum atomic E-state index is 12.0. The molecular weight excluding hydrogens is 266 g/mol. The van der Waals surface area contributed by atoms with E-state index in [2.05, 4.69) is 10.6 Å². The third-order valence-electron chi connectivity index (χ3n) is 2.71. The number of nitrogens with two attached hydrogens (primary N) is 1. The van der Waals surface area contributed by atoms with Crippen LogP contribution in [0.3, 0.4) is 0 Å². The standard InChI is InChI=1S/C12H23N3O5/c1-5(2)8(14-10(17)6(3)13)11(18)15-9(7(4)16)12(19)20/h5-9,16H,13H2,1-4H3,(H,14,17)(H,15,18)(H,19,20)/t6-,7+,8-,9-/m0/s1. The summed E-state index contributed by atoms with van der Waals surface area (Å²) in [6.07, 6.45) is -1.26. The SMILES string of the molecule is CC(C)[C@H](NC(=O)[C@H](C)N)C(=O)N[C@H](C(=O)O)[C@@H](C)O. The first-order chi connectivity index (χ1) is 9.07. The summed E-state index contributed by atoms with van der Waals surface area (Å²) in [5, 5.41) is 22.9. The van der Waals surface area contributed by atoms with Gasteiger partial charge in [0, 0.05) is 0 Å². The molecule has 0 rings (SSSR count). The molecule has 0 bridgehead atoms. The Morgan fingerprint density at radius 2 is 1.40 bits per heavy atom. The van der Waals surface area contributed by atoms with Gasteiger partial charge in [0.2, 0.25) is 11.8 Å². The summed E-state index contributed by atoms with van der Waals surface area (Å²) in [7, 11) is 0. The number of amides is 2. The second-order valence-electron chi connectivity index (χ2n) is 5.08. The third kappa shape index (κ3) is 5.54. The molecule has 0 aliphatic carbocycles. The molecule has 0 heterocycles. The van der Waals surface area contributed by atoms with Crippen molar-refractivity contribution in [3.63, 3.8) is 0 Å². The molecule has 2 amide bonds. The summed E-state index contributed by atoms with van der Waals surface area (Å²) < 4.78 is 0. The molecule has 0 saturated heterocycles. The molecule has 0 aliphatic rings. The summed E-state index contributed by atoms with van der Waals surface area (Å²) in [6.45, 7) is 6.12. The van der Waals surface area contributed by atoms with Crippen molar-refractivity contribution >= 4 is 17.8 Å². The largest absolute Gasteiger partial charge is 0.480 e. The molecule has 8 nitrogen and oxygen atoms in total. The topological polar surface area (TPSA) is 142 Å². The Morgan fingerprint density at radius 1 is 0.950 bits per heavy atom. The van der Waals surface area contributed by atoms with E-state index < -0.39 is 42.0 Å². The predicted molar refractivity (Wildman–Crippen MR) is 71.7 cm³/mol. The number of carboxylic acid groups (broad SMARTS) is 1. The van der Waals surface area contributed by atoms with E-state index in [1.165, 1.54) is 13.8 Å². The lowest BCUT2D eigenvalue weighted by molar-refractivity contribution is -0.145. The van der Waals surface area contributed by atoms with Gasteiger partial charge >= 0.3 is 5.97 Å². The van der Waals surface area contributed by atoms with E-state index in [1.54, 1.807) is 13.8 Å². The van der Waals surface area contributed by atoms with Crippen LogP contribution in [0.25, 0.3) is 0 Å². The lowest BCUT2D eigenvalue weighted by atomic mass is 10.0. The second-order valence-corrected chi connectivity index (χ2v) is 5.08. The van der Waals surface area contributed by atoms with E-state index in [4.69, 9.17) is 10.8 Å². The number of carbonyl (C=O) groups excluding carboxylic acids is 2. The summed E-state index contributed by atoms with van der Waals surface area (Å²) in [5.74, 6) is -2.81. The van der Waals surface area contributed by atoms with Crippen molar-refractivity contribution in [2.24, 2.45) is 11.7 Å². The van der Waals surface area contributed by atoms with E-state index in [0.717, 1.165) is 0 Å². The summed E-state index contributed by atoms with van der Waals surface area (Å²) >= 11 is 0. The Morgan fingerprint density at radius 3 is 1.70 bits per heavy atom. The zero-order chi connectivity index (χ0) is 16.0. The summed E-state index contributed by atoms with van der Waals surface area (Å²) in [4.78, 5) is 34.5. The van der Waals surface area contributed by atoms with Crippen molar-refractivity contribution in [1.82, 2.24) is 10.6 Å². The Hall–Kier alpha value is -1.67. The molecule has 6 N–H and O–H groups in total. The van der Waals surface area contributed by atoms with E-state index in [9.17, 15) is 19.5 Å². The van der Waals surface area contributed by atoms with Gasteiger partial charge in [0.1, 0.15) is 6.04 Å². The summed E-state index contributed by atoms with van der Waals surface area (Å²) in [6, 6.07) is -3.14. The average molecular weight is 289 g/mol. The summed E-state index contributed by atoms with van der Waals surface area (Å²) in [5.41, 5.74) is 5.40. The highest BCUT2D eigenvalue weighted by Gasteiger charge is 2.31. The zero-order valence-electron chi connectivity index (χ0n) is 12.1. The molecule has 0 aromatic rings. The Balaban J connectivity index is 4.89. The molecule has 0 spiro atoms. The molecule has 4 atom stereocenters. The van der Waals surface area contributed by atoms with Gasteiger partial charge in [-0.15, -0.1) is 0 Å². The molecule has 20 heavy (non-hydrogen) atoms.